The maximum absolute atomic E-state index is 11.9. The van der Waals surface area contributed by atoms with Crippen molar-refractivity contribution < 1.29 is 4.79 Å². The summed E-state index contributed by atoms with van der Waals surface area (Å²) in [5.41, 5.74) is 5.40. The second-order valence-electron chi connectivity index (χ2n) is 4.75. The Morgan fingerprint density at radius 1 is 1.47 bits per heavy atom. The highest BCUT2D eigenvalue weighted by Gasteiger charge is 2.31. The molecule has 1 aliphatic rings. The van der Waals surface area contributed by atoms with Crippen LogP contribution < -0.4 is 5.73 Å². The smallest absolute Gasteiger partial charge is 0.229 e. The minimum Gasteiger partial charge on any atom is -0.393 e. The van der Waals surface area contributed by atoms with Crippen LogP contribution in [0.3, 0.4) is 0 Å². The molecule has 1 fully saturated rings. The molecule has 0 radical (unpaired) electrons. The molecule has 0 bridgehead atoms. The van der Waals surface area contributed by atoms with E-state index in [1.807, 2.05) is 4.90 Å². The van der Waals surface area contributed by atoms with Crippen molar-refractivity contribution in [1.29, 1.82) is 0 Å². The Hall–Kier alpha value is -0.640. The van der Waals surface area contributed by atoms with Crippen molar-refractivity contribution in [2.24, 2.45) is 17.6 Å². The Morgan fingerprint density at radius 3 is 2.60 bits per heavy atom. The number of nitrogens with two attached hydrogens (primary N) is 1. The predicted octanol–water partition coefficient (Wildman–Crippen LogP) is 1.56. The van der Waals surface area contributed by atoms with E-state index in [-0.39, 0.29) is 17.3 Å². The number of thiocarbonyl (C=S) groups is 1. The normalized spacial score (nSPS) is 31.4. The predicted molar refractivity (Wildman–Crippen MR) is 65.5 cm³/mol. The molecule has 1 rings (SSSR count). The number of hydrogen-bond donors (Lipinski definition) is 1. The molecule has 0 aromatic carbocycles. The van der Waals surface area contributed by atoms with Crippen LogP contribution in [0.4, 0.5) is 0 Å². The Kier molecular flexibility index (Phi) is 4.08. The van der Waals surface area contributed by atoms with Crippen LogP contribution >= 0.6 is 12.2 Å². The van der Waals surface area contributed by atoms with E-state index < -0.39 is 0 Å². The molecular weight excluding hydrogens is 208 g/mol. The average molecular weight is 228 g/mol. The quantitative estimate of drug-likeness (QED) is 0.730. The third-order valence-electron chi connectivity index (χ3n) is 3.24. The molecule has 0 spiro atoms. The van der Waals surface area contributed by atoms with Crippen molar-refractivity contribution in [2.45, 2.75) is 39.7 Å². The summed E-state index contributed by atoms with van der Waals surface area (Å²) in [6.07, 6.45) is 1.40. The van der Waals surface area contributed by atoms with Gasteiger partial charge >= 0.3 is 0 Å². The van der Waals surface area contributed by atoms with Crippen LogP contribution in [0, 0.1) is 11.8 Å². The lowest BCUT2D eigenvalue weighted by Crippen LogP contribution is -2.49. The summed E-state index contributed by atoms with van der Waals surface area (Å²) >= 11 is 4.77. The van der Waals surface area contributed by atoms with E-state index in [0.717, 1.165) is 6.54 Å². The van der Waals surface area contributed by atoms with Gasteiger partial charge in [0.15, 0.2) is 0 Å². The van der Waals surface area contributed by atoms with Crippen LogP contribution in [0.1, 0.15) is 33.6 Å². The van der Waals surface area contributed by atoms with Gasteiger partial charge in [-0.15, -0.1) is 0 Å². The molecule has 2 N–H and O–H groups in total. The molecule has 3 atom stereocenters. The van der Waals surface area contributed by atoms with Crippen LogP contribution in [0.15, 0.2) is 0 Å². The lowest BCUT2D eigenvalue weighted by Gasteiger charge is -2.41. The largest absolute Gasteiger partial charge is 0.393 e. The van der Waals surface area contributed by atoms with Crippen molar-refractivity contribution in [1.82, 2.24) is 4.90 Å². The third-order valence-corrected chi connectivity index (χ3v) is 3.39. The fourth-order valence-electron chi connectivity index (χ4n) is 2.29. The van der Waals surface area contributed by atoms with Gasteiger partial charge in [-0.25, -0.2) is 0 Å². The Balaban J connectivity index is 2.66. The van der Waals surface area contributed by atoms with Crippen LogP contribution in [0.2, 0.25) is 0 Å². The molecule has 1 amide bonds. The minimum atomic E-state index is 0.0772. The SMILES string of the molecule is CC1CC(C)C(C)N(C(=O)CC(N)=S)C1. The Morgan fingerprint density at radius 2 is 2.07 bits per heavy atom. The molecule has 0 aromatic heterocycles. The van der Waals surface area contributed by atoms with E-state index in [1.165, 1.54) is 6.42 Å². The van der Waals surface area contributed by atoms with Crippen molar-refractivity contribution >= 4 is 23.1 Å². The Labute approximate surface area is 97.0 Å². The minimum absolute atomic E-state index is 0.0772. The average Bonchev–Trinajstić information content (AvgIpc) is 2.09. The number of nitrogens with zero attached hydrogens (tertiary/aromatic N) is 1. The molecule has 1 aliphatic heterocycles. The van der Waals surface area contributed by atoms with Gasteiger partial charge < -0.3 is 10.6 Å². The number of amides is 1. The fraction of sp³-hybridized carbons (Fsp3) is 0.818. The molecule has 15 heavy (non-hydrogen) atoms. The van der Waals surface area contributed by atoms with Gasteiger partial charge in [-0.1, -0.05) is 26.1 Å². The van der Waals surface area contributed by atoms with Crippen molar-refractivity contribution in [3.05, 3.63) is 0 Å². The summed E-state index contributed by atoms with van der Waals surface area (Å²) in [5, 5.41) is 0. The first kappa shape index (κ1) is 12.4. The number of carbonyl (C=O) groups excluding carboxylic acids is 1. The summed E-state index contributed by atoms with van der Waals surface area (Å²) in [6.45, 7) is 7.33. The lowest BCUT2D eigenvalue weighted by molar-refractivity contribution is -0.135. The highest BCUT2D eigenvalue weighted by atomic mass is 32.1. The van der Waals surface area contributed by atoms with E-state index in [9.17, 15) is 4.79 Å². The number of piperidine rings is 1. The molecular formula is C11H20N2OS. The van der Waals surface area contributed by atoms with Gasteiger partial charge in [0.2, 0.25) is 5.91 Å². The number of hydrogen-bond acceptors (Lipinski definition) is 2. The van der Waals surface area contributed by atoms with Gasteiger partial charge in [0.1, 0.15) is 0 Å². The molecule has 4 heteroatoms. The highest BCUT2D eigenvalue weighted by Crippen LogP contribution is 2.27. The van der Waals surface area contributed by atoms with Gasteiger partial charge in [0, 0.05) is 12.6 Å². The molecule has 0 aliphatic carbocycles. The maximum atomic E-state index is 11.9. The zero-order chi connectivity index (χ0) is 11.6. The lowest BCUT2D eigenvalue weighted by atomic mass is 9.86. The maximum Gasteiger partial charge on any atom is 0.229 e. The van der Waals surface area contributed by atoms with E-state index >= 15 is 0 Å². The highest BCUT2D eigenvalue weighted by molar-refractivity contribution is 7.80. The first-order valence-electron chi connectivity index (χ1n) is 5.49. The van der Waals surface area contributed by atoms with Crippen molar-refractivity contribution in [3.8, 4) is 0 Å². The van der Waals surface area contributed by atoms with Gasteiger partial charge in [0.25, 0.3) is 0 Å². The second-order valence-corrected chi connectivity index (χ2v) is 5.27. The van der Waals surface area contributed by atoms with E-state index in [2.05, 4.69) is 20.8 Å². The number of likely N-dealkylation sites (tertiary alicyclic amines) is 1. The van der Waals surface area contributed by atoms with E-state index in [4.69, 9.17) is 18.0 Å². The van der Waals surface area contributed by atoms with Crippen LogP contribution in [0.5, 0.6) is 0 Å². The second kappa shape index (κ2) is 4.92. The molecule has 3 unspecified atom stereocenters. The van der Waals surface area contributed by atoms with Gasteiger partial charge in [-0.2, -0.15) is 0 Å². The zero-order valence-electron chi connectivity index (χ0n) is 9.69. The molecule has 1 saturated heterocycles. The molecule has 3 nitrogen and oxygen atoms in total. The van der Waals surface area contributed by atoms with E-state index in [1.54, 1.807) is 0 Å². The summed E-state index contributed by atoms with van der Waals surface area (Å²) in [6, 6.07) is 0.308. The number of rotatable bonds is 2. The van der Waals surface area contributed by atoms with Crippen molar-refractivity contribution in [2.75, 3.05) is 6.54 Å². The fourth-order valence-corrected chi connectivity index (χ4v) is 2.42. The standard InChI is InChI=1S/C11H20N2OS/c1-7-4-8(2)9(3)13(6-7)11(14)5-10(12)15/h7-9H,4-6H2,1-3H3,(H2,12,15). The first-order valence-corrected chi connectivity index (χ1v) is 5.90. The van der Waals surface area contributed by atoms with Gasteiger partial charge in [-0.3, -0.25) is 4.79 Å². The zero-order valence-corrected chi connectivity index (χ0v) is 10.5. The third kappa shape index (κ3) is 3.16. The van der Waals surface area contributed by atoms with Crippen LogP contribution in [-0.4, -0.2) is 28.4 Å². The van der Waals surface area contributed by atoms with Gasteiger partial charge in [-0.05, 0) is 25.2 Å². The first-order chi connectivity index (χ1) is 6.91. The van der Waals surface area contributed by atoms with Crippen LogP contribution in [-0.2, 0) is 4.79 Å². The Bertz CT molecular complexity index is 267. The topological polar surface area (TPSA) is 46.3 Å². The molecule has 0 aromatic rings. The molecule has 0 saturated carbocycles. The number of carbonyl (C=O) groups is 1. The van der Waals surface area contributed by atoms with E-state index in [0.29, 0.717) is 17.9 Å². The summed E-state index contributed by atoms with van der Waals surface area (Å²) in [7, 11) is 0. The van der Waals surface area contributed by atoms with Gasteiger partial charge in [0.05, 0.1) is 11.4 Å². The summed E-state index contributed by atoms with van der Waals surface area (Å²) in [5.74, 6) is 1.21. The molecule has 1 heterocycles. The molecule has 86 valence electrons. The summed E-state index contributed by atoms with van der Waals surface area (Å²) < 4.78 is 0. The van der Waals surface area contributed by atoms with Crippen LogP contribution in [0.25, 0.3) is 0 Å². The summed E-state index contributed by atoms with van der Waals surface area (Å²) in [4.78, 5) is 14.1. The monoisotopic (exact) mass is 228 g/mol. The van der Waals surface area contributed by atoms with Crippen molar-refractivity contribution in [3.63, 3.8) is 0 Å².